The second-order valence-corrected chi connectivity index (χ2v) is 7.12. The zero-order valence-corrected chi connectivity index (χ0v) is 11.8. The molecule has 0 bridgehead atoms. The third kappa shape index (κ3) is 1.85. The predicted molar refractivity (Wildman–Crippen MR) is 73.1 cm³/mol. The molecular formula is C8H4I2S2. The fourth-order valence-corrected chi connectivity index (χ4v) is 4.63. The lowest BCUT2D eigenvalue weighted by Gasteiger charge is -1.90. The van der Waals surface area contributed by atoms with Gasteiger partial charge in [-0.05, 0) is 57.3 Å². The maximum atomic E-state index is 2.38. The number of hydrogen-bond donors (Lipinski definition) is 0. The van der Waals surface area contributed by atoms with Gasteiger partial charge >= 0.3 is 0 Å². The molecule has 0 aliphatic carbocycles. The molecule has 0 nitrogen and oxygen atoms in total. The van der Waals surface area contributed by atoms with E-state index in [0.29, 0.717) is 0 Å². The Bertz CT molecular complexity index is 389. The Morgan fingerprint density at radius 3 is 2.42 bits per heavy atom. The molecule has 4 heteroatoms. The van der Waals surface area contributed by atoms with Crippen molar-refractivity contribution in [3.05, 3.63) is 29.3 Å². The van der Waals surface area contributed by atoms with E-state index in [2.05, 4.69) is 68.1 Å². The van der Waals surface area contributed by atoms with Crippen molar-refractivity contribution in [1.29, 1.82) is 0 Å². The quantitative estimate of drug-likeness (QED) is 0.590. The predicted octanol–water partition coefficient (Wildman–Crippen LogP) is 4.69. The molecule has 2 aromatic rings. The van der Waals surface area contributed by atoms with Crippen molar-refractivity contribution in [3.63, 3.8) is 0 Å². The smallest absolute Gasteiger partial charge is 0.0660 e. The molecule has 2 heterocycles. The van der Waals surface area contributed by atoms with Gasteiger partial charge in [0.05, 0.1) is 2.88 Å². The largest absolute Gasteiger partial charge is 0.151 e. The molecule has 0 fully saturated rings. The van der Waals surface area contributed by atoms with Crippen molar-refractivity contribution in [2.75, 3.05) is 0 Å². The minimum atomic E-state index is 1.35. The Kier molecular flexibility index (Phi) is 3.09. The topological polar surface area (TPSA) is 0 Å². The highest BCUT2D eigenvalue weighted by Gasteiger charge is 2.05. The third-order valence-electron chi connectivity index (χ3n) is 1.45. The van der Waals surface area contributed by atoms with E-state index >= 15 is 0 Å². The van der Waals surface area contributed by atoms with E-state index in [1.807, 2.05) is 11.3 Å². The van der Waals surface area contributed by atoms with Crippen molar-refractivity contribution in [1.82, 2.24) is 0 Å². The molecule has 0 spiro atoms. The summed E-state index contributed by atoms with van der Waals surface area (Å²) in [5.41, 5.74) is 1.38. The van der Waals surface area contributed by atoms with E-state index in [9.17, 15) is 0 Å². The van der Waals surface area contributed by atoms with Gasteiger partial charge in [0.25, 0.3) is 0 Å². The van der Waals surface area contributed by atoms with Crippen LogP contribution in [-0.2, 0) is 0 Å². The van der Waals surface area contributed by atoms with Crippen LogP contribution in [0.1, 0.15) is 0 Å². The van der Waals surface area contributed by atoms with Crippen LogP contribution in [0.5, 0.6) is 0 Å². The summed E-state index contributed by atoms with van der Waals surface area (Å²) in [7, 11) is 0. The number of thiophene rings is 2. The van der Waals surface area contributed by atoms with Crippen LogP contribution in [0.4, 0.5) is 0 Å². The lowest BCUT2D eigenvalue weighted by Crippen LogP contribution is -1.67. The Morgan fingerprint density at radius 1 is 1.08 bits per heavy atom. The van der Waals surface area contributed by atoms with E-state index in [4.69, 9.17) is 0 Å². The zero-order valence-electron chi connectivity index (χ0n) is 5.88. The van der Waals surface area contributed by atoms with Gasteiger partial charge in [0, 0.05) is 24.8 Å². The summed E-state index contributed by atoms with van der Waals surface area (Å²) >= 11 is 8.35. The Labute approximate surface area is 106 Å². The van der Waals surface area contributed by atoms with Gasteiger partial charge in [-0.1, -0.05) is 0 Å². The fourth-order valence-electron chi connectivity index (χ4n) is 0.916. The molecular weight excluding hydrogens is 414 g/mol. The second kappa shape index (κ2) is 3.93. The summed E-state index contributed by atoms with van der Waals surface area (Å²) in [5, 5.41) is 4.40. The van der Waals surface area contributed by atoms with Crippen LogP contribution in [0.3, 0.4) is 0 Å². The molecule has 0 radical (unpaired) electrons. The Morgan fingerprint density at radius 2 is 1.92 bits per heavy atom. The summed E-state index contributed by atoms with van der Waals surface area (Å²) in [6.45, 7) is 0. The van der Waals surface area contributed by atoms with Gasteiger partial charge in [0.2, 0.25) is 0 Å². The van der Waals surface area contributed by atoms with Crippen LogP contribution in [-0.4, -0.2) is 0 Å². The van der Waals surface area contributed by atoms with Gasteiger partial charge in [-0.25, -0.2) is 0 Å². The van der Waals surface area contributed by atoms with Crippen LogP contribution in [0.2, 0.25) is 0 Å². The molecule has 2 aromatic heterocycles. The van der Waals surface area contributed by atoms with Crippen LogP contribution in [0.25, 0.3) is 10.4 Å². The average molecular weight is 418 g/mol. The van der Waals surface area contributed by atoms with Crippen molar-refractivity contribution < 1.29 is 0 Å². The van der Waals surface area contributed by atoms with Crippen molar-refractivity contribution in [2.24, 2.45) is 0 Å². The maximum Gasteiger partial charge on any atom is 0.0660 e. The van der Waals surface area contributed by atoms with Crippen LogP contribution in [0.15, 0.2) is 22.9 Å². The summed E-state index contributed by atoms with van der Waals surface area (Å²) in [6.07, 6.45) is 0. The first-order chi connectivity index (χ1) is 5.77. The molecule has 0 atom stereocenters. The first-order valence-corrected chi connectivity index (χ1v) is 7.16. The van der Waals surface area contributed by atoms with Gasteiger partial charge in [0.15, 0.2) is 0 Å². The van der Waals surface area contributed by atoms with E-state index in [0.717, 1.165) is 0 Å². The molecule has 0 aromatic carbocycles. The summed E-state index contributed by atoms with van der Waals surface area (Å²) in [5.74, 6) is 0. The molecule has 12 heavy (non-hydrogen) atoms. The molecule has 2 rings (SSSR count). The lowest BCUT2D eigenvalue weighted by molar-refractivity contribution is 1.82. The highest BCUT2D eigenvalue weighted by Crippen LogP contribution is 2.34. The van der Waals surface area contributed by atoms with E-state index < -0.39 is 0 Å². The minimum Gasteiger partial charge on any atom is -0.151 e. The zero-order chi connectivity index (χ0) is 8.55. The van der Waals surface area contributed by atoms with Crippen molar-refractivity contribution >= 4 is 67.9 Å². The van der Waals surface area contributed by atoms with Gasteiger partial charge < -0.3 is 0 Å². The number of rotatable bonds is 1. The molecule has 0 aliphatic heterocycles. The molecule has 0 aliphatic rings. The molecule has 0 saturated heterocycles. The monoisotopic (exact) mass is 418 g/mol. The summed E-state index contributed by atoms with van der Waals surface area (Å²) in [4.78, 5) is 1.38. The van der Waals surface area contributed by atoms with E-state index in [1.165, 1.54) is 16.9 Å². The number of halogens is 2. The van der Waals surface area contributed by atoms with E-state index in [1.54, 1.807) is 11.3 Å². The highest BCUT2D eigenvalue weighted by atomic mass is 127. The van der Waals surface area contributed by atoms with Gasteiger partial charge in [-0.3, -0.25) is 0 Å². The maximum absolute atomic E-state index is 2.38. The Balaban J connectivity index is 2.50. The first-order valence-electron chi connectivity index (χ1n) is 3.25. The van der Waals surface area contributed by atoms with E-state index in [-0.39, 0.29) is 0 Å². The first kappa shape index (κ1) is 9.42. The molecule has 0 N–H and O–H groups in total. The fraction of sp³-hybridized carbons (Fsp3) is 0. The molecule has 62 valence electrons. The Hall–Kier alpha value is 0.860. The summed E-state index contributed by atoms with van der Waals surface area (Å²) < 4.78 is 2.71. The van der Waals surface area contributed by atoms with Crippen molar-refractivity contribution in [3.8, 4) is 10.4 Å². The second-order valence-electron chi connectivity index (χ2n) is 2.24. The normalized spacial score (nSPS) is 10.5. The van der Waals surface area contributed by atoms with Gasteiger partial charge in [0.1, 0.15) is 0 Å². The number of hydrogen-bond acceptors (Lipinski definition) is 2. The summed E-state index contributed by atoms with van der Waals surface area (Å²) in [6, 6.07) is 4.35. The standard InChI is InChI=1S/C8H4I2S2/c9-6-4-11-3-5(6)7-1-2-8(10)12-7/h1-4H. The molecule has 0 amide bonds. The minimum absolute atomic E-state index is 1.35. The average Bonchev–Trinajstić information content (AvgIpc) is 2.58. The lowest BCUT2D eigenvalue weighted by atomic mass is 10.3. The van der Waals surface area contributed by atoms with Gasteiger partial charge in [-0.15, -0.1) is 11.3 Å². The molecule has 0 unspecified atom stereocenters. The van der Waals surface area contributed by atoms with Crippen LogP contribution in [0, 0.1) is 6.45 Å². The van der Waals surface area contributed by atoms with Crippen LogP contribution >= 0.6 is 67.9 Å². The molecule has 0 saturated carbocycles. The SMILES string of the molecule is Ic1ccc(-c2cscc2I)s1. The highest BCUT2D eigenvalue weighted by molar-refractivity contribution is 14.1. The third-order valence-corrected chi connectivity index (χ3v) is 5.44. The van der Waals surface area contributed by atoms with Crippen molar-refractivity contribution in [2.45, 2.75) is 0 Å². The van der Waals surface area contributed by atoms with Gasteiger partial charge in [-0.2, -0.15) is 11.3 Å². The van der Waals surface area contributed by atoms with Crippen LogP contribution < -0.4 is 0 Å².